The van der Waals surface area contributed by atoms with Crippen LogP contribution in [0.2, 0.25) is 10.0 Å². The van der Waals surface area contributed by atoms with Crippen LogP contribution >= 0.6 is 23.2 Å². The Bertz CT molecular complexity index is 411. The van der Waals surface area contributed by atoms with Crippen molar-refractivity contribution < 1.29 is 0 Å². The Labute approximate surface area is 111 Å². The molecule has 0 aliphatic carbocycles. The minimum Gasteiger partial charge on any atom is -0.382 e. The van der Waals surface area contributed by atoms with Gasteiger partial charge in [-0.3, -0.25) is 0 Å². The number of nitrogen functional groups attached to an aromatic ring is 1. The monoisotopic (exact) mass is 274 g/mol. The lowest BCUT2D eigenvalue weighted by atomic mass is 10.2. The van der Waals surface area contributed by atoms with Crippen molar-refractivity contribution in [3.63, 3.8) is 0 Å². The van der Waals surface area contributed by atoms with Crippen molar-refractivity contribution in [1.82, 2.24) is 9.88 Å². The highest BCUT2D eigenvalue weighted by molar-refractivity contribution is 6.37. The molecule has 0 spiro atoms. The summed E-state index contributed by atoms with van der Waals surface area (Å²) in [5, 5.41) is 4.12. The molecule has 0 amide bonds. The first-order valence-electron chi connectivity index (χ1n) is 5.63. The highest BCUT2D eigenvalue weighted by atomic mass is 35.5. The van der Waals surface area contributed by atoms with Crippen molar-refractivity contribution >= 4 is 34.8 Å². The second-order valence-electron chi connectivity index (χ2n) is 4.34. The normalized spacial score (nSPS) is 20.8. The number of likely N-dealkylation sites (tertiary alicyclic amines) is 1. The van der Waals surface area contributed by atoms with E-state index in [4.69, 9.17) is 28.9 Å². The average molecular weight is 275 g/mol. The summed E-state index contributed by atoms with van der Waals surface area (Å²) in [5.74, 6) is 0.909. The van der Waals surface area contributed by atoms with Gasteiger partial charge in [0, 0.05) is 12.6 Å². The van der Waals surface area contributed by atoms with E-state index >= 15 is 0 Å². The minimum atomic E-state index is 0.304. The van der Waals surface area contributed by atoms with Crippen LogP contribution in [0.25, 0.3) is 0 Å². The van der Waals surface area contributed by atoms with Gasteiger partial charge in [-0.2, -0.15) is 0 Å². The van der Waals surface area contributed by atoms with Gasteiger partial charge in [-0.15, -0.1) is 0 Å². The first-order chi connectivity index (χ1) is 8.08. The van der Waals surface area contributed by atoms with Crippen LogP contribution in [0.5, 0.6) is 0 Å². The van der Waals surface area contributed by atoms with Gasteiger partial charge in [0.1, 0.15) is 11.6 Å². The van der Waals surface area contributed by atoms with Crippen molar-refractivity contribution in [3.05, 3.63) is 16.1 Å². The number of rotatable bonds is 3. The molecule has 1 atom stereocenters. The lowest BCUT2D eigenvalue weighted by Gasteiger charge is -2.20. The van der Waals surface area contributed by atoms with Crippen LogP contribution in [0, 0.1) is 0 Å². The zero-order valence-electron chi connectivity index (χ0n) is 9.71. The van der Waals surface area contributed by atoms with E-state index in [1.54, 1.807) is 6.07 Å². The van der Waals surface area contributed by atoms with Crippen LogP contribution in [0.3, 0.4) is 0 Å². The number of aromatic nitrogens is 1. The molecule has 0 bridgehead atoms. The summed E-state index contributed by atoms with van der Waals surface area (Å²) in [6.07, 6.45) is 2.44. The third-order valence-corrected chi connectivity index (χ3v) is 3.72. The van der Waals surface area contributed by atoms with E-state index in [9.17, 15) is 0 Å². The number of hydrogen-bond donors (Lipinski definition) is 2. The molecule has 2 heterocycles. The molecule has 1 aromatic rings. The summed E-state index contributed by atoms with van der Waals surface area (Å²) >= 11 is 11.9. The molecule has 0 saturated carbocycles. The molecule has 1 aromatic heterocycles. The molecule has 94 valence electrons. The second-order valence-corrected chi connectivity index (χ2v) is 5.16. The molecule has 6 heteroatoms. The number of pyridine rings is 1. The van der Waals surface area contributed by atoms with Crippen LogP contribution in [0.1, 0.15) is 12.8 Å². The Morgan fingerprint density at radius 1 is 1.53 bits per heavy atom. The maximum Gasteiger partial charge on any atom is 0.147 e. The summed E-state index contributed by atoms with van der Waals surface area (Å²) in [6, 6.07) is 2.15. The van der Waals surface area contributed by atoms with Crippen LogP contribution in [-0.2, 0) is 0 Å². The summed E-state index contributed by atoms with van der Waals surface area (Å²) in [7, 11) is 2.13. The van der Waals surface area contributed by atoms with Crippen LogP contribution in [-0.4, -0.2) is 36.1 Å². The molecule has 0 radical (unpaired) electrons. The largest absolute Gasteiger partial charge is 0.382 e. The van der Waals surface area contributed by atoms with Gasteiger partial charge in [-0.1, -0.05) is 23.2 Å². The topological polar surface area (TPSA) is 54.2 Å². The lowest BCUT2D eigenvalue weighted by molar-refractivity contribution is 0.322. The van der Waals surface area contributed by atoms with Gasteiger partial charge in [-0.25, -0.2) is 4.98 Å². The molecular formula is C11H16Cl2N4. The lowest BCUT2D eigenvalue weighted by Crippen LogP contribution is -2.31. The van der Waals surface area contributed by atoms with E-state index < -0.39 is 0 Å². The standard InChI is InChI=1S/C11H16Cl2N4/c1-17-4-2-3-7(17)6-15-11-9(13)5-8(12)10(14)16-11/h5,7H,2-4,6H2,1H3,(H3,14,15,16). The molecule has 1 unspecified atom stereocenters. The fraction of sp³-hybridized carbons (Fsp3) is 0.545. The van der Waals surface area contributed by atoms with Gasteiger partial charge in [0.15, 0.2) is 0 Å². The smallest absolute Gasteiger partial charge is 0.147 e. The van der Waals surface area contributed by atoms with Crippen molar-refractivity contribution in [1.29, 1.82) is 0 Å². The van der Waals surface area contributed by atoms with Crippen LogP contribution in [0.15, 0.2) is 6.07 Å². The predicted molar refractivity (Wildman–Crippen MR) is 72.8 cm³/mol. The zero-order valence-corrected chi connectivity index (χ0v) is 11.2. The molecule has 1 saturated heterocycles. The predicted octanol–water partition coefficient (Wildman–Crippen LogP) is 2.48. The van der Waals surface area contributed by atoms with Gasteiger partial charge in [0.2, 0.25) is 0 Å². The van der Waals surface area contributed by atoms with Crippen molar-refractivity contribution in [2.45, 2.75) is 18.9 Å². The van der Waals surface area contributed by atoms with Gasteiger partial charge < -0.3 is 16.0 Å². The second kappa shape index (κ2) is 5.29. The molecule has 0 aromatic carbocycles. The van der Waals surface area contributed by atoms with Gasteiger partial charge >= 0.3 is 0 Å². The molecule has 17 heavy (non-hydrogen) atoms. The highest BCUT2D eigenvalue weighted by Gasteiger charge is 2.20. The molecular weight excluding hydrogens is 259 g/mol. The Kier molecular flexibility index (Phi) is 3.97. The number of nitrogens with one attached hydrogen (secondary N) is 1. The highest BCUT2D eigenvalue weighted by Crippen LogP contribution is 2.27. The summed E-state index contributed by atoms with van der Waals surface area (Å²) in [4.78, 5) is 6.48. The van der Waals surface area contributed by atoms with Crippen LogP contribution in [0.4, 0.5) is 11.6 Å². The number of hydrogen-bond acceptors (Lipinski definition) is 4. The van der Waals surface area contributed by atoms with Crippen LogP contribution < -0.4 is 11.1 Å². The van der Waals surface area contributed by atoms with E-state index in [1.165, 1.54) is 12.8 Å². The Morgan fingerprint density at radius 2 is 2.29 bits per heavy atom. The first-order valence-corrected chi connectivity index (χ1v) is 6.39. The Morgan fingerprint density at radius 3 is 2.94 bits per heavy atom. The van der Waals surface area contributed by atoms with E-state index in [2.05, 4.69) is 22.2 Å². The zero-order chi connectivity index (χ0) is 12.4. The van der Waals surface area contributed by atoms with Gasteiger partial charge in [0.05, 0.1) is 10.0 Å². The molecule has 4 nitrogen and oxygen atoms in total. The molecule has 2 rings (SSSR count). The Balaban J connectivity index is 2.01. The fourth-order valence-corrected chi connectivity index (χ4v) is 2.48. The van der Waals surface area contributed by atoms with Gasteiger partial charge in [-0.05, 0) is 32.5 Å². The summed E-state index contributed by atoms with van der Waals surface area (Å²) < 4.78 is 0. The summed E-state index contributed by atoms with van der Waals surface area (Å²) in [6.45, 7) is 1.97. The number of nitrogens with two attached hydrogens (primary N) is 1. The molecule has 1 aliphatic rings. The number of nitrogens with zero attached hydrogens (tertiary/aromatic N) is 2. The number of halogens is 2. The van der Waals surface area contributed by atoms with Crippen molar-refractivity contribution in [2.24, 2.45) is 0 Å². The van der Waals surface area contributed by atoms with E-state index in [0.29, 0.717) is 27.7 Å². The first kappa shape index (κ1) is 12.7. The molecule has 1 aliphatic heterocycles. The fourth-order valence-electron chi connectivity index (χ4n) is 2.06. The third-order valence-electron chi connectivity index (χ3n) is 3.13. The third kappa shape index (κ3) is 2.94. The SMILES string of the molecule is CN1CCCC1CNc1nc(N)c(Cl)cc1Cl. The quantitative estimate of drug-likeness (QED) is 0.889. The number of anilines is 2. The van der Waals surface area contributed by atoms with Crippen molar-refractivity contribution in [2.75, 3.05) is 31.2 Å². The maximum atomic E-state index is 6.04. The molecule has 3 N–H and O–H groups in total. The maximum absolute atomic E-state index is 6.04. The summed E-state index contributed by atoms with van der Waals surface area (Å²) in [5.41, 5.74) is 5.65. The van der Waals surface area contributed by atoms with E-state index in [-0.39, 0.29) is 0 Å². The van der Waals surface area contributed by atoms with E-state index in [0.717, 1.165) is 13.1 Å². The molecule has 1 fully saturated rings. The van der Waals surface area contributed by atoms with E-state index in [1.807, 2.05) is 0 Å². The average Bonchev–Trinajstić information content (AvgIpc) is 2.68. The van der Waals surface area contributed by atoms with Gasteiger partial charge in [0.25, 0.3) is 0 Å². The number of likely N-dealkylation sites (N-methyl/N-ethyl adjacent to an activating group) is 1. The van der Waals surface area contributed by atoms with Crippen molar-refractivity contribution in [3.8, 4) is 0 Å². The minimum absolute atomic E-state index is 0.304. The Hall–Kier alpha value is -0.710.